The minimum atomic E-state index is -0.209. The zero-order valence-electron chi connectivity index (χ0n) is 17.0. The van der Waals surface area contributed by atoms with Gasteiger partial charge in [0.05, 0.1) is 11.4 Å². The van der Waals surface area contributed by atoms with Gasteiger partial charge in [-0.25, -0.2) is 0 Å². The maximum atomic E-state index is 12.6. The molecule has 3 rings (SSSR count). The van der Waals surface area contributed by atoms with Crippen LogP contribution in [-0.4, -0.2) is 33.0 Å². The second-order valence-corrected chi connectivity index (χ2v) is 6.20. The van der Waals surface area contributed by atoms with Crippen molar-refractivity contribution in [1.29, 1.82) is 0 Å². The van der Waals surface area contributed by atoms with Gasteiger partial charge in [0.2, 0.25) is 0 Å². The van der Waals surface area contributed by atoms with Gasteiger partial charge >= 0.3 is 0 Å². The number of nitrogens with zero attached hydrogens (tertiary/aromatic N) is 1. The monoisotopic (exact) mass is 390 g/mol. The number of rotatable bonds is 6. The number of nitrogens with one attached hydrogen (secondary N) is 1. The summed E-state index contributed by atoms with van der Waals surface area (Å²) in [5.41, 5.74) is 3.78. The van der Waals surface area contributed by atoms with Crippen LogP contribution in [0.3, 0.4) is 0 Å². The predicted octanol–water partition coefficient (Wildman–Crippen LogP) is 5.17. The van der Waals surface area contributed by atoms with Crippen LogP contribution >= 0.6 is 0 Å². The topological polar surface area (TPSA) is 58.6 Å². The van der Waals surface area contributed by atoms with Gasteiger partial charge in [-0.05, 0) is 43.3 Å². The number of methoxy groups -OCH3 is 1. The molecule has 0 bridgehead atoms. The standard InChI is InChI=1S/C22H20N2O2.C2H6O/c1-2-24(19-8-4-3-5-9-19)21-11-7-6-10-20(21)23-22(26)18-14-12-17(16-25)13-15-18;1-3-2/h3-16H,2H2,1H3,(H,23,26);1-2H3. The van der Waals surface area contributed by atoms with Crippen molar-refractivity contribution in [2.75, 3.05) is 31.0 Å². The van der Waals surface area contributed by atoms with Crippen molar-refractivity contribution in [2.45, 2.75) is 6.92 Å². The second kappa shape index (κ2) is 11.4. The maximum absolute atomic E-state index is 12.6. The maximum Gasteiger partial charge on any atom is 0.255 e. The number of aldehydes is 1. The Bertz CT molecular complexity index is 909. The fourth-order valence-electron chi connectivity index (χ4n) is 2.82. The second-order valence-electron chi connectivity index (χ2n) is 6.20. The van der Waals surface area contributed by atoms with E-state index < -0.39 is 0 Å². The van der Waals surface area contributed by atoms with Gasteiger partial charge in [0.25, 0.3) is 5.91 Å². The van der Waals surface area contributed by atoms with E-state index in [1.807, 2.05) is 54.6 Å². The number of para-hydroxylation sites is 3. The third-order valence-electron chi connectivity index (χ3n) is 4.14. The first-order chi connectivity index (χ1) is 14.1. The summed E-state index contributed by atoms with van der Waals surface area (Å²) in [7, 11) is 3.25. The zero-order chi connectivity index (χ0) is 21.1. The molecule has 0 aliphatic rings. The van der Waals surface area contributed by atoms with Crippen molar-refractivity contribution in [3.05, 3.63) is 90.0 Å². The summed E-state index contributed by atoms with van der Waals surface area (Å²) in [5.74, 6) is -0.209. The average Bonchev–Trinajstić information content (AvgIpc) is 2.77. The molecule has 5 nitrogen and oxygen atoms in total. The number of benzene rings is 3. The van der Waals surface area contributed by atoms with Crippen LogP contribution in [0.15, 0.2) is 78.9 Å². The summed E-state index contributed by atoms with van der Waals surface area (Å²) in [5, 5.41) is 2.98. The molecule has 0 radical (unpaired) electrons. The highest BCUT2D eigenvalue weighted by Gasteiger charge is 2.14. The molecular formula is C24H26N2O3. The molecule has 0 fully saturated rings. The van der Waals surface area contributed by atoms with E-state index in [-0.39, 0.29) is 5.91 Å². The minimum absolute atomic E-state index is 0.209. The number of carbonyl (C=O) groups excluding carboxylic acids is 2. The number of anilines is 3. The first-order valence-electron chi connectivity index (χ1n) is 9.32. The molecule has 0 aliphatic heterocycles. The molecule has 0 spiro atoms. The van der Waals surface area contributed by atoms with Crippen LogP contribution in [0.4, 0.5) is 17.1 Å². The van der Waals surface area contributed by atoms with Crippen molar-refractivity contribution in [3.63, 3.8) is 0 Å². The van der Waals surface area contributed by atoms with E-state index in [0.717, 1.165) is 29.9 Å². The van der Waals surface area contributed by atoms with Gasteiger partial charge in [0.15, 0.2) is 0 Å². The predicted molar refractivity (Wildman–Crippen MR) is 118 cm³/mol. The van der Waals surface area contributed by atoms with Crippen molar-refractivity contribution >= 4 is 29.3 Å². The molecule has 150 valence electrons. The van der Waals surface area contributed by atoms with E-state index in [9.17, 15) is 9.59 Å². The van der Waals surface area contributed by atoms with E-state index in [0.29, 0.717) is 11.1 Å². The molecule has 0 unspecified atom stereocenters. The number of hydrogen-bond donors (Lipinski definition) is 1. The highest BCUT2D eigenvalue weighted by Crippen LogP contribution is 2.32. The number of amides is 1. The molecule has 3 aromatic rings. The van der Waals surface area contributed by atoms with Crippen LogP contribution in [-0.2, 0) is 4.74 Å². The van der Waals surface area contributed by atoms with Crippen molar-refractivity contribution in [1.82, 2.24) is 0 Å². The van der Waals surface area contributed by atoms with Gasteiger partial charge in [-0.2, -0.15) is 0 Å². The Hall–Kier alpha value is -3.44. The first kappa shape index (κ1) is 21.9. The fraction of sp³-hybridized carbons (Fsp3) is 0.167. The molecule has 29 heavy (non-hydrogen) atoms. The molecule has 0 aromatic heterocycles. The van der Waals surface area contributed by atoms with Gasteiger partial charge < -0.3 is 15.0 Å². The normalized spacial score (nSPS) is 9.76. The van der Waals surface area contributed by atoms with E-state index in [2.05, 4.69) is 21.9 Å². The summed E-state index contributed by atoms with van der Waals surface area (Å²) < 4.78 is 4.25. The summed E-state index contributed by atoms with van der Waals surface area (Å²) in [4.78, 5) is 25.5. The van der Waals surface area contributed by atoms with Crippen LogP contribution in [0.2, 0.25) is 0 Å². The summed E-state index contributed by atoms with van der Waals surface area (Å²) in [6, 6.07) is 24.3. The van der Waals surface area contributed by atoms with Gasteiger partial charge in [-0.1, -0.05) is 42.5 Å². The van der Waals surface area contributed by atoms with E-state index >= 15 is 0 Å². The first-order valence-corrected chi connectivity index (χ1v) is 9.32. The average molecular weight is 390 g/mol. The smallest absolute Gasteiger partial charge is 0.255 e. The molecule has 0 atom stereocenters. The van der Waals surface area contributed by atoms with E-state index in [4.69, 9.17) is 0 Å². The summed E-state index contributed by atoms with van der Waals surface area (Å²) in [6.07, 6.45) is 0.760. The molecule has 0 saturated heterocycles. The largest absolute Gasteiger partial charge is 0.388 e. The molecular weight excluding hydrogens is 364 g/mol. The van der Waals surface area contributed by atoms with Crippen LogP contribution in [0.25, 0.3) is 0 Å². The Kier molecular flexibility index (Phi) is 8.60. The Morgan fingerprint density at radius 2 is 1.52 bits per heavy atom. The summed E-state index contributed by atoms with van der Waals surface area (Å²) in [6.45, 7) is 2.84. The van der Waals surface area contributed by atoms with Gasteiger partial charge in [-0.3, -0.25) is 9.59 Å². The number of hydrogen-bond acceptors (Lipinski definition) is 4. The van der Waals surface area contributed by atoms with Crippen LogP contribution in [0, 0.1) is 0 Å². The lowest BCUT2D eigenvalue weighted by Crippen LogP contribution is -2.20. The SMILES string of the molecule is CCN(c1ccccc1)c1ccccc1NC(=O)c1ccc(C=O)cc1.COC. The highest BCUT2D eigenvalue weighted by molar-refractivity contribution is 6.06. The number of carbonyl (C=O) groups is 2. The lowest BCUT2D eigenvalue weighted by atomic mass is 10.1. The van der Waals surface area contributed by atoms with Gasteiger partial charge in [0, 0.05) is 37.6 Å². The van der Waals surface area contributed by atoms with E-state index in [1.165, 1.54) is 0 Å². The van der Waals surface area contributed by atoms with Gasteiger partial charge in [-0.15, -0.1) is 0 Å². The van der Waals surface area contributed by atoms with Crippen molar-refractivity contribution in [3.8, 4) is 0 Å². The minimum Gasteiger partial charge on any atom is -0.388 e. The highest BCUT2D eigenvalue weighted by atomic mass is 16.4. The zero-order valence-corrected chi connectivity index (χ0v) is 17.0. The molecule has 3 aromatic carbocycles. The van der Waals surface area contributed by atoms with Gasteiger partial charge in [0.1, 0.15) is 6.29 Å². The lowest BCUT2D eigenvalue weighted by molar-refractivity contribution is 0.102. The van der Waals surface area contributed by atoms with Crippen molar-refractivity contribution in [2.24, 2.45) is 0 Å². The quantitative estimate of drug-likeness (QED) is 0.590. The molecule has 1 N–H and O–H groups in total. The third-order valence-corrected chi connectivity index (χ3v) is 4.14. The fourth-order valence-corrected chi connectivity index (χ4v) is 2.82. The Balaban J connectivity index is 0.000000941. The van der Waals surface area contributed by atoms with E-state index in [1.54, 1.807) is 38.5 Å². The third kappa shape index (κ3) is 6.02. The van der Waals surface area contributed by atoms with Crippen LogP contribution in [0.1, 0.15) is 27.6 Å². The Morgan fingerprint density at radius 1 is 0.931 bits per heavy atom. The molecule has 0 heterocycles. The molecule has 0 saturated carbocycles. The van der Waals surface area contributed by atoms with Crippen LogP contribution in [0.5, 0.6) is 0 Å². The Labute approximate surface area is 171 Å². The van der Waals surface area contributed by atoms with Crippen LogP contribution < -0.4 is 10.2 Å². The molecule has 5 heteroatoms. The molecule has 0 aliphatic carbocycles. The Morgan fingerprint density at radius 3 is 2.10 bits per heavy atom. The van der Waals surface area contributed by atoms with Crippen molar-refractivity contribution < 1.29 is 14.3 Å². The lowest BCUT2D eigenvalue weighted by Gasteiger charge is -2.26. The summed E-state index contributed by atoms with van der Waals surface area (Å²) >= 11 is 0. The number of ether oxygens (including phenoxy) is 1. The molecule has 1 amide bonds.